The highest BCUT2D eigenvalue weighted by Gasteiger charge is 2.03. The van der Waals surface area contributed by atoms with Crippen molar-refractivity contribution in [1.29, 1.82) is 0 Å². The SMILES string of the molecule is O=C1COCNN1. The zero-order valence-corrected chi connectivity index (χ0v) is 3.73. The number of hydrazine groups is 1. The largest absolute Gasteiger partial charge is 0.355 e. The van der Waals surface area contributed by atoms with Gasteiger partial charge in [-0.1, -0.05) is 0 Å². The van der Waals surface area contributed by atoms with Gasteiger partial charge in [0.1, 0.15) is 13.3 Å². The second-order valence-electron chi connectivity index (χ2n) is 1.22. The third-order valence-electron chi connectivity index (χ3n) is 0.635. The van der Waals surface area contributed by atoms with Gasteiger partial charge in [0.05, 0.1) is 0 Å². The maximum Gasteiger partial charge on any atom is 0.260 e. The van der Waals surface area contributed by atoms with E-state index in [-0.39, 0.29) is 12.5 Å². The van der Waals surface area contributed by atoms with Gasteiger partial charge in [-0.15, -0.1) is 0 Å². The summed E-state index contributed by atoms with van der Waals surface area (Å²) in [6, 6.07) is 0. The second kappa shape index (κ2) is 1.90. The summed E-state index contributed by atoms with van der Waals surface area (Å²) in [6.07, 6.45) is 0. The summed E-state index contributed by atoms with van der Waals surface area (Å²) in [5, 5.41) is 0. The van der Waals surface area contributed by atoms with Crippen LogP contribution < -0.4 is 10.9 Å². The number of carbonyl (C=O) groups excluding carboxylic acids is 1. The molecule has 4 nitrogen and oxygen atoms in total. The Bertz CT molecular complexity index is 75.0. The Morgan fingerprint density at radius 2 is 2.57 bits per heavy atom. The fourth-order valence-electron chi connectivity index (χ4n) is 0.366. The highest BCUT2D eigenvalue weighted by atomic mass is 16.5. The number of amides is 1. The van der Waals surface area contributed by atoms with Crippen molar-refractivity contribution in [2.24, 2.45) is 0 Å². The molecule has 4 heteroatoms. The summed E-state index contributed by atoms with van der Waals surface area (Å²) in [7, 11) is 0. The quantitative estimate of drug-likeness (QED) is 0.395. The Kier molecular flexibility index (Phi) is 1.24. The molecular weight excluding hydrogens is 96.0 g/mol. The third-order valence-corrected chi connectivity index (χ3v) is 0.635. The van der Waals surface area contributed by atoms with Crippen LogP contribution in [0.4, 0.5) is 0 Å². The van der Waals surface area contributed by atoms with Gasteiger partial charge in [-0.05, 0) is 0 Å². The number of ether oxygens (including phenoxy) is 1. The lowest BCUT2D eigenvalue weighted by molar-refractivity contribution is -0.132. The standard InChI is InChI=1S/C3H6N2O2/c6-3-1-7-2-4-5-3/h4H,1-2H2,(H,5,6). The molecule has 0 saturated carbocycles. The predicted molar refractivity (Wildman–Crippen MR) is 22.1 cm³/mol. The summed E-state index contributed by atoms with van der Waals surface area (Å²) in [4.78, 5) is 10.2. The number of rotatable bonds is 0. The van der Waals surface area contributed by atoms with E-state index in [0.29, 0.717) is 6.73 Å². The first kappa shape index (κ1) is 4.55. The van der Waals surface area contributed by atoms with E-state index in [9.17, 15) is 4.79 Å². The van der Waals surface area contributed by atoms with E-state index in [2.05, 4.69) is 15.6 Å². The zero-order valence-electron chi connectivity index (χ0n) is 3.73. The van der Waals surface area contributed by atoms with E-state index in [4.69, 9.17) is 0 Å². The van der Waals surface area contributed by atoms with Gasteiger partial charge >= 0.3 is 0 Å². The number of hydrogen-bond donors (Lipinski definition) is 2. The summed E-state index contributed by atoms with van der Waals surface area (Å²) >= 11 is 0. The Morgan fingerprint density at radius 1 is 1.71 bits per heavy atom. The average Bonchev–Trinajstić information content (AvgIpc) is 1.69. The molecule has 1 aliphatic rings. The molecule has 0 aromatic heterocycles. The van der Waals surface area contributed by atoms with Crippen LogP contribution in [-0.4, -0.2) is 19.2 Å². The molecule has 1 saturated heterocycles. The van der Waals surface area contributed by atoms with Crippen molar-refractivity contribution in [2.45, 2.75) is 0 Å². The molecule has 0 radical (unpaired) electrons. The van der Waals surface area contributed by atoms with Crippen molar-refractivity contribution in [3.8, 4) is 0 Å². The van der Waals surface area contributed by atoms with Crippen LogP contribution in [0.5, 0.6) is 0 Å². The smallest absolute Gasteiger partial charge is 0.260 e. The molecule has 1 heterocycles. The van der Waals surface area contributed by atoms with Gasteiger partial charge in [0.2, 0.25) is 0 Å². The molecule has 1 aliphatic heterocycles. The number of hydrogen-bond acceptors (Lipinski definition) is 3. The molecule has 0 bridgehead atoms. The summed E-state index contributed by atoms with van der Waals surface area (Å²) in [5.41, 5.74) is 4.88. The Balaban J connectivity index is 2.25. The first-order valence-electron chi connectivity index (χ1n) is 1.99. The van der Waals surface area contributed by atoms with E-state index in [1.54, 1.807) is 0 Å². The van der Waals surface area contributed by atoms with Crippen molar-refractivity contribution in [3.05, 3.63) is 0 Å². The average molecular weight is 102 g/mol. The number of nitrogens with one attached hydrogen (secondary N) is 2. The van der Waals surface area contributed by atoms with Gasteiger partial charge in [-0.2, -0.15) is 0 Å². The Hall–Kier alpha value is -0.610. The van der Waals surface area contributed by atoms with Crippen molar-refractivity contribution in [1.82, 2.24) is 10.9 Å². The normalized spacial score (nSPS) is 21.4. The maximum atomic E-state index is 10.2. The van der Waals surface area contributed by atoms with Gasteiger partial charge in [-0.3, -0.25) is 10.2 Å². The fraction of sp³-hybridized carbons (Fsp3) is 0.667. The van der Waals surface area contributed by atoms with E-state index in [0.717, 1.165) is 0 Å². The predicted octanol–water partition coefficient (Wildman–Crippen LogP) is -1.41. The first-order valence-corrected chi connectivity index (χ1v) is 1.99. The van der Waals surface area contributed by atoms with Crippen molar-refractivity contribution >= 4 is 5.91 Å². The molecular formula is C3H6N2O2. The highest BCUT2D eigenvalue weighted by molar-refractivity contribution is 5.76. The summed E-state index contributed by atoms with van der Waals surface area (Å²) < 4.78 is 4.66. The molecule has 0 spiro atoms. The minimum absolute atomic E-state index is 0.119. The van der Waals surface area contributed by atoms with E-state index in [1.165, 1.54) is 0 Å². The molecule has 40 valence electrons. The molecule has 0 unspecified atom stereocenters. The van der Waals surface area contributed by atoms with Crippen LogP contribution in [0, 0.1) is 0 Å². The maximum absolute atomic E-state index is 10.2. The van der Waals surface area contributed by atoms with E-state index in [1.807, 2.05) is 0 Å². The lowest BCUT2D eigenvalue weighted by Gasteiger charge is -2.12. The van der Waals surface area contributed by atoms with Gasteiger partial charge in [0.15, 0.2) is 0 Å². The van der Waals surface area contributed by atoms with Crippen LogP contribution >= 0.6 is 0 Å². The van der Waals surface area contributed by atoms with Crippen LogP contribution in [-0.2, 0) is 9.53 Å². The van der Waals surface area contributed by atoms with Gasteiger partial charge in [-0.25, -0.2) is 5.43 Å². The first-order chi connectivity index (χ1) is 3.39. The molecule has 0 aliphatic carbocycles. The monoisotopic (exact) mass is 102 g/mol. The number of carbonyl (C=O) groups is 1. The van der Waals surface area contributed by atoms with Crippen LogP contribution in [0.2, 0.25) is 0 Å². The van der Waals surface area contributed by atoms with Crippen LogP contribution in [0.3, 0.4) is 0 Å². The molecule has 2 N–H and O–H groups in total. The van der Waals surface area contributed by atoms with Gasteiger partial charge in [0, 0.05) is 0 Å². The van der Waals surface area contributed by atoms with Gasteiger partial charge in [0.25, 0.3) is 5.91 Å². The third kappa shape index (κ3) is 1.13. The van der Waals surface area contributed by atoms with Crippen LogP contribution in [0.25, 0.3) is 0 Å². The minimum atomic E-state index is -0.119. The molecule has 1 amide bonds. The van der Waals surface area contributed by atoms with E-state index >= 15 is 0 Å². The molecule has 0 aromatic rings. The van der Waals surface area contributed by atoms with Crippen molar-refractivity contribution in [3.63, 3.8) is 0 Å². The molecule has 0 aromatic carbocycles. The zero-order chi connectivity index (χ0) is 5.11. The lowest BCUT2D eigenvalue weighted by Crippen LogP contribution is -2.46. The molecule has 0 atom stereocenters. The lowest BCUT2D eigenvalue weighted by atomic mass is 10.7. The topological polar surface area (TPSA) is 50.4 Å². The van der Waals surface area contributed by atoms with Crippen LogP contribution in [0.1, 0.15) is 0 Å². The van der Waals surface area contributed by atoms with Crippen LogP contribution in [0.15, 0.2) is 0 Å². The van der Waals surface area contributed by atoms with Crippen molar-refractivity contribution in [2.75, 3.05) is 13.3 Å². The fourth-order valence-corrected chi connectivity index (χ4v) is 0.366. The molecule has 1 rings (SSSR count). The second-order valence-corrected chi connectivity index (χ2v) is 1.22. The molecule has 1 fully saturated rings. The summed E-state index contributed by atoms with van der Waals surface area (Å²) in [5.74, 6) is -0.119. The Morgan fingerprint density at radius 3 is 2.86 bits per heavy atom. The summed E-state index contributed by atoms with van der Waals surface area (Å²) in [6.45, 7) is 0.582. The minimum Gasteiger partial charge on any atom is -0.355 e. The van der Waals surface area contributed by atoms with E-state index < -0.39 is 0 Å². The van der Waals surface area contributed by atoms with Crippen molar-refractivity contribution < 1.29 is 9.53 Å². The highest BCUT2D eigenvalue weighted by Crippen LogP contribution is 1.74. The molecule has 7 heavy (non-hydrogen) atoms. The van der Waals surface area contributed by atoms with Gasteiger partial charge < -0.3 is 4.74 Å². The Labute approximate surface area is 40.8 Å².